The Hall–Kier alpha value is -2.12. The van der Waals surface area contributed by atoms with Gasteiger partial charge in [-0.2, -0.15) is 0 Å². The number of carbonyl (C=O) groups is 1. The number of nitrogens with one attached hydrogen (secondary N) is 2. The van der Waals surface area contributed by atoms with Crippen molar-refractivity contribution in [3.63, 3.8) is 0 Å². The molecule has 0 aliphatic carbocycles. The van der Waals surface area contributed by atoms with E-state index in [0.29, 0.717) is 19.5 Å². The summed E-state index contributed by atoms with van der Waals surface area (Å²) in [6, 6.07) is 9.84. The van der Waals surface area contributed by atoms with Crippen LogP contribution in [0.5, 0.6) is 0 Å². The zero-order valence-corrected chi connectivity index (χ0v) is 13.0. The quantitative estimate of drug-likeness (QED) is 0.809. The second-order valence-electron chi connectivity index (χ2n) is 4.63. The van der Waals surface area contributed by atoms with Gasteiger partial charge in [0, 0.05) is 13.1 Å². The minimum Gasteiger partial charge on any atom is -0.459 e. The minimum absolute atomic E-state index is 0.234. The Balaban J connectivity index is 1.88. The Kier molecular flexibility index (Phi) is 5.35. The zero-order chi connectivity index (χ0) is 16.0. The first kappa shape index (κ1) is 16.3. The summed E-state index contributed by atoms with van der Waals surface area (Å²) in [6.45, 7) is 2.52. The Morgan fingerprint density at radius 1 is 1.18 bits per heavy atom. The predicted octanol–water partition coefficient (Wildman–Crippen LogP) is 1.55. The van der Waals surface area contributed by atoms with Gasteiger partial charge in [0.2, 0.25) is 10.0 Å². The van der Waals surface area contributed by atoms with Crippen LogP contribution in [0.1, 0.15) is 23.0 Å². The Labute approximate surface area is 129 Å². The molecule has 0 aliphatic rings. The molecule has 7 heteroatoms. The van der Waals surface area contributed by atoms with Crippen LogP contribution in [0.4, 0.5) is 0 Å². The van der Waals surface area contributed by atoms with Crippen LogP contribution in [-0.4, -0.2) is 27.4 Å². The van der Waals surface area contributed by atoms with Crippen LogP contribution in [0.15, 0.2) is 52.0 Å². The van der Waals surface area contributed by atoms with Gasteiger partial charge in [-0.05, 0) is 36.2 Å². The van der Waals surface area contributed by atoms with Gasteiger partial charge in [-0.25, -0.2) is 13.1 Å². The molecule has 1 heterocycles. The van der Waals surface area contributed by atoms with Crippen molar-refractivity contribution in [3.05, 3.63) is 54.0 Å². The first-order chi connectivity index (χ1) is 10.5. The summed E-state index contributed by atoms with van der Waals surface area (Å²) < 4.78 is 31.0. The number of carbonyl (C=O) groups excluding carboxylic acids is 1. The van der Waals surface area contributed by atoms with Crippen LogP contribution in [-0.2, 0) is 16.4 Å². The monoisotopic (exact) mass is 322 g/mol. The van der Waals surface area contributed by atoms with E-state index < -0.39 is 10.0 Å². The summed E-state index contributed by atoms with van der Waals surface area (Å²) in [5, 5.41) is 2.74. The molecule has 6 nitrogen and oxygen atoms in total. The second kappa shape index (κ2) is 7.24. The highest BCUT2D eigenvalue weighted by atomic mass is 32.2. The molecule has 0 atom stereocenters. The molecule has 0 saturated carbocycles. The van der Waals surface area contributed by atoms with Crippen molar-refractivity contribution in [1.29, 1.82) is 0 Å². The van der Waals surface area contributed by atoms with Gasteiger partial charge in [0.15, 0.2) is 5.76 Å². The van der Waals surface area contributed by atoms with Gasteiger partial charge >= 0.3 is 0 Å². The highest BCUT2D eigenvalue weighted by Crippen LogP contribution is 2.10. The SMILES string of the molecule is CCNS(=O)(=O)c1ccc(CCNC(=O)c2ccco2)cc1. The molecule has 0 radical (unpaired) electrons. The average Bonchev–Trinajstić information content (AvgIpc) is 3.02. The normalized spacial score (nSPS) is 11.3. The van der Waals surface area contributed by atoms with Crippen LogP contribution < -0.4 is 10.0 Å². The third kappa shape index (κ3) is 4.19. The van der Waals surface area contributed by atoms with Crippen molar-refractivity contribution in [2.24, 2.45) is 0 Å². The molecule has 118 valence electrons. The summed E-state index contributed by atoms with van der Waals surface area (Å²) in [4.78, 5) is 11.9. The van der Waals surface area contributed by atoms with Crippen molar-refractivity contribution in [2.45, 2.75) is 18.2 Å². The standard InChI is InChI=1S/C15H18N2O4S/c1-2-17-22(19,20)13-7-5-12(6-8-13)9-10-16-15(18)14-4-3-11-21-14/h3-8,11,17H,2,9-10H2,1H3,(H,16,18). The number of rotatable bonds is 7. The maximum atomic E-state index is 11.8. The van der Waals surface area contributed by atoms with Gasteiger partial charge < -0.3 is 9.73 Å². The Morgan fingerprint density at radius 3 is 2.50 bits per heavy atom. The third-order valence-electron chi connectivity index (χ3n) is 3.01. The first-order valence-corrected chi connectivity index (χ1v) is 8.41. The maximum Gasteiger partial charge on any atom is 0.286 e. The molecule has 0 spiro atoms. The number of sulfonamides is 1. The van der Waals surface area contributed by atoms with Crippen molar-refractivity contribution in [3.8, 4) is 0 Å². The van der Waals surface area contributed by atoms with E-state index in [-0.39, 0.29) is 16.6 Å². The molecule has 2 rings (SSSR count). The fraction of sp³-hybridized carbons (Fsp3) is 0.267. The molecule has 1 aromatic heterocycles. The minimum atomic E-state index is -3.42. The van der Waals surface area contributed by atoms with Gasteiger partial charge in [-0.1, -0.05) is 19.1 Å². The molecule has 2 N–H and O–H groups in total. The van der Waals surface area contributed by atoms with E-state index in [4.69, 9.17) is 4.42 Å². The van der Waals surface area contributed by atoms with Crippen LogP contribution in [0.25, 0.3) is 0 Å². The number of hydrogen-bond acceptors (Lipinski definition) is 4. The molecule has 1 aromatic carbocycles. The molecule has 0 saturated heterocycles. The largest absolute Gasteiger partial charge is 0.459 e. The maximum absolute atomic E-state index is 11.8. The van der Waals surface area contributed by atoms with Crippen molar-refractivity contribution in [1.82, 2.24) is 10.0 Å². The highest BCUT2D eigenvalue weighted by Gasteiger charge is 2.12. The molecule has 0 fully saturated rings. The van der Waals surface area contributed by atoms with Crippen LogP contribution in [0.2, 0.25) is 0 Å². The van der Waals surface area contributed by atoms with Crippen LogP contribution in [0.3, 0.4) is 0 Å². The van der Waals surface area contributed by atoms with Crippen LogP contribution in [0, 0.1) is 0 Å². The molecular formula is C15H18N2O4S. The molecule has 22 heavy (non-hydrogen) atoms. The van der Waals surface area contributed by atoms with E-state index in [1.54, 1.807) is 43.3 Å². The molecule has 0 unspecified atom stereocenters. The predicted molar refractivity (Wildman–Crippen MR) is 82.0 cm³/mol. The number of furan rings is 1. The van der Waals surface area contributed by atoms with Crippen LogP contribution >= 0.6 is 0 Å². The van der Waals surface area contributed by atoms with Crippen molar-refractivity contribution < 1.29 is 17.6 Å². The lowest BCUT2D eigenvalue weighted by molar-refractivity contribution is 0.0926. The Morgan fingerprint density at radius 2 is 1.91 bits per heavy atom. The van der Waals surface area contributed by atoms with E-state index >= 15 is 0 Å². The Bertz CT molecular complexity index is 707. The van der Waals surface area contributed by atoms with E-state index in [0.717, 1.165) is 5.56 Å². The number of benzene rings is 1. The summed E-state index contributed by atoms with van der Waals surface area (Å²) in [5.41, 5.74) is 0.940. The van der Waals surface area contributed by atoms with Gasteiger partial charge in [0.25, 0.3) is 5.91 Å². The third-order valence-corrected chi connectivity index (χ3v) is 4.57. The van der Waals surface area contributed by atoms with Crippen molar-refractivity contribution in [2.75, 3.05) is 13.1 Å². The smallest absolute Gasteiger partial charge is 0.286 e. The topological polar surface area (TPSA) is 88.4 Å². The van der Waals surface area contributed by atoms with Gasteiger partial charge in [0.1, 0.15) is 0 Å². The number of amides is 1. The fourth-order valence-corrected chi connectivity index (χ4v) is 2.96. The van der Waals surface area contributed by atoms with E-state index in [9.17, 15) is 13.2 Å². The lowest BCUT2D eigenvalue weighted by Gasteiger charge is -2.06. The molecule has 2 aromatic rings. The summed E-state index contributed by atoms with van der Waals surface area (Å²) in [7, 11) is -3.42. The second-order valence-corrected chi connectivity index (χ2v) is 6.40. The van der Waals surface area contributed by atoms with Crippen molar-refractivity contribution >= 4 is 15.9 Å². The molecule has 1 amide bonds. The highest BCUT2D eigenvalue weighted by molar-refractivity contribution is 7.89. The lowest BCUT2D eigenvalue weighted by atomic mass is 10.1. The zero-order valence-electron chi connectivity index (χ0n) is 12.2. The van der Waals surface area contributed by atoms with Gasteiger partial charge in [0.05, 0.1) is 11.2 Å². The summed E-state index contributed by atoms with van der Waals surface area (Å²) in [5.74, 6) is 0.00317. The first-order valence-electron chi connectivity index (χ1n) is 6.93. The lowest BCUT2D eigenvalue weighted by Crippen LogP contribution is -2.25. The fourth-order valence-electron chi connectivity index (χ4n) is 1.92. The average molecular weight is 322 g/mol. The van der Waals surface area contributed by atoms with Gasteiger partial charge in [-0.15, -0.1) is 0 Å². The summed E-state index contributed by atoms with van der Waals surface area (Å²) in [6.07, 6.45) is 2.05. The van der Waals surface area contributed by atoms with E-state index in [1.807, 2.05) is 0 Å². The molecule has 0 bridgehead atoms. The number of hydrogen-bond donors (Lipinski definition) is 2. The summed E-state index contributed by atoms with van der Waals surface area (Å²) >= 11 is 0. The molecular weight excluding hydrogens is 304 g/mol. The van der Waals surface area contributed by atoms with Gasteiger partial charge in [-0.3, -0.25) is 4.79 Å². The molecule has 0 aliphatic heterocycles. The van der Waals surface area contributed by atoms with E-state index in [2.05, 4.69) is 10.0 Å². The van der Waals surface area contributed by atoms with E-state index in [1.165, 1.54) is 6.26 Å².